The summed E-state index contributed by atoms with van der Waals surface area (Å²) >= 11 is 0. The Bertz CT molecular complexity index is 351. The number of esters is 1. The maximum absolute atomic E-state index is 11.4. The lowest BCUT2D eigenvalue weighted by atomic mass is 10.1. The van der Waals surface area contributed by atoms with E-state index in [1.165, 1.54) is 14.2 Å². The third kappa shape index (κ3) is 2.68. The van der Waals surface area contributed by atoms with Crippen molar-refractivity contribution in [1.82, 2.24) is 0 Å². The van der Waals surface area contributed by atoms with Crippen molar-refractivity contribution in [1.29, 1.82) is 0 Å². The molecule has 1 aromatic rings. The molecule has 0 bridgehead atoms. The number of hydrogen-bond acceptors (Lipinski definition) is 5. The average Bonchev–Trinajstić information content (AvgIpc) is 2.28. The minimum atomic E-state index is -0.453. The van der Waals surface area contributed by atoms with Gasteiger partial charge < -0.3 is 9.47 Å². The van der Waals surface area contributed by atoms with E-state index >= 15 is 0 Å². The Hall–Kier alpha value is -1.59. The summed E-state index contributed by atoms with van der Waals surface area (Å²) in [7, 11) is 2.80. The van der Waals surface area contributed by atoms with Gasteiger partial charge in [0.05, 0.1) is 20.8 Å². The molecule has 15 heavy (non-hydrogen) atoms. The van der Waals surface area contributed by atoms with Crippen LogP contribution in [0.5, 0.6) is 5.75 Å². The van der Waals surface area contributed by atoms with Crippen LogP contribution in [0.4, 0.5) is 0 Å². The quantitative estimate of drug-likeness (QED) is 0.591. The van der Waals surface area contributed by atoms with E-state index < -0.39 is 5.97 Å². The van der Waals surface area contributed by atoms with Crippen LogP contribution in [-0.4, -0.2) is 20.2 Å². The van der Waals surface area contributed by atoms with Gasteiger partial charge >= 0.3 is 5.97 Å². The molecule has 0 atom stereocenters. The molecule has 0 radical (unpaired) electrons. The van der Waals surface area contributed by atoms with Crippen molar-refractivity contribution < 1.29 is 19.1 Å². The van der Waals surface area contributed by atoms with Crippen molar-refractivity contribution in [2.24, 2.45) is 5.90 Å². The topological polar surface area (TPSA) is 70.8 Å². The summed E-state index contributed by atoms with van der Waals surface area (Å²) in [6.45, 7) is 0.230. The largest absolute Gasteiger partial charge is 0.496 e. The number of carbonyl (C=O) groups is 1. The van der Waals surface area contributed by atoms with Gasteiger partial charge in [-0.1, -0.05) is 6.07 Å². The Kier molecular flexibility index (Phi) is 4.08. The summed E-state index contributed by atoms with van der Waals surface area (Å²) in [5.41, 5.74) is 1.13. The van der Waals surface area contributed by atoms with Crippen molar-refractivity contribution in [3.05, 3.63) is 29.3 Å². The zero-order valence-corrected chi connectivity index (χ0v) is 8.65. The van der Waals surface area contributed by atoms with Gasteiger partial charge in [0.2, 0.25) is 0 Å². The summed E-state index contributed by atoms with van der Waals surface area (Å²) < 4.78 is 9.65. The molecular weight excluding hydrogens is 198 g/mol. The molecule has 2 N–H and O–H groups in total. The minimum absolute atomic E-state index is 0.230. The first kappa shape index (κ1) is 11.5. The predicted molar refractivity (Wildman–Crippen MR) is 53.3 cm³/mol. The van der Waals surface area contributed by atoms with Crippen molar-refractivity contribution in [2.75, 3.05) is 14.2 Å². The maximum atomic E-state index is 11.4. The molecule has 0 aromatic heterocycles. The molecular formula is C10H13NO4. The van der Waals surface area contributed by atoms with E-state index in [0.29, 0.717) is 11.3 Å². The Labute approximate surface area is 87.7 Å². The number of rotatable bonds is 4. The molecule has 0 aliphatic heterocycles. The fourth-order valence-electron chi connectivity index (χ4n) is 1.21. The first-order chi connectivity index (χ1) is 7.22. The zero-order chi connectivity index (χ0) is 11.3. The molecule has 1 aromatic carbocycles. The number of nitrogens with two attached hydrogens (primary N) is 1. The van der Waals surface area contributed by atoms with Crippen LogP contribution < -0.4 is 10.6 Å². The van der Waals surface area contributed by atoms with Crippen LogP contribution in [-0.2, 0) is 16.2 Å². The summed E-state index contributed by atoms with van der Waals surface area (Å²) in [5, 5.41) is 0. The Morgan fingerprint density at radius 2 is 2.13 bits per heavy atom. The molecule has 0 fully saturated rings. The van der Waals surface area contributed by atoms with Gasteiger partial charge in [0, 0.05) is 0 Å². The van der Waals surface area contributed by atoms with Crippen LogP contribution in [0.25, 0.3) is 0 Å². The van der Waals surface area contributed by atoms with Crippen LogP contribution in [0.2, 0.25) is 0 Å². The molecule has 0 spiro atoms. The van der Waals surface area contributed by atoms with E-state index in [4.69, 9.17) is 10.6 Å². The zero-order valence-electron chi connectivity index (χ0n) is 8.65. The van der Waals surface area contributed by atoms with Gasteiger partial charge in [-0.25, -0.2) is 10.7 Å². The smallest absolute Gasteiger partial charge is 0.341 e. The molecule has 0 aliphatic rings. The number of ether oxygens (including phenoxy) is 2. The van der Waals surface area contributed by atoms with Crippen molar-refractivity contribution in [2.45, 2.75) is 6.61 Å². The van der Waals surface area contributed by atoms with Gasteiger partial charge in [0.1, 0.15) is 11.3 Å². The lowest BCUT2D eigenvalue weighted by Gasteiger charge is -2.08. The molecule has 82 valence electrons. The summed E-state index contributed by atoms with van der Waals surface area (Å²) in [6.07, 6.45) is 0. The molecule has 0 saturated carbocycles. The van der Waals surface area contributed by atoms with E-state index in [1.807, 2.05) is 0 Å². The van der Waals surface area contributed by atoms with E-state index in [9.17, 15) is 4.79 Å². The molecule has 0 heterocycles. The number of benzene rings is 1. The second-order valence-corrected chi connectivity index (χ2v) is 2.84. The third-order valence-electron chi connectivity index (χ3n) is 1.92. The van der Waals surface area contributed by atoms with Crippen molar-refractivity contribution in [3.8, 4) is 5.75 Å². The predicted octanol–water partition coefficient (Wildman–Crippen LogP) is 0.872. The lowest BCUT2D eigenvalue weighted by molar-refractivity contribution is 0.0596. The Balaban J connectivity index is 3.07. The number of methoxy groups -OCH3 is 2. The molecule has 5 heteroatoms. The third-order valence-corrected chi connectivity index (χ3v) is 1.92. The normalized spacial score (nSPS) is 9.80. The van der Waals surface area contributed by atoms with Crippen LogP contribution in [0.1, 0.15) is 15.9 Å². The Morgan fingerprint density at radius 3 is 2.67 bits per heavy atom. The molecule has 0 aliphatic carbocycles. The highest BCUT2D eigenvalue weighted by Crippen LogP contribution is 2.20. The van der Waals surface area contributed by atoms with Gasteiger partial charge in [0.25, 0.3) is 0 Å². The monoisotopic (exact) mass is 211 g/mol. The van der Waals surface area contributed by atoms with Gasteiger partial charge in [0.15, 0.2) is 0 Å². The fraction of sp³-hybridized carbons (Fsp3) is 0.300. The lowest BCUT2D eigenvalue weighted by Crippen LogP contribution is -2.06. The second kappa shape index (κ2) is 5.33. The van der Waals surface area contributed by atoms with E-state index in [2.05, 4.69) is 9.57 Å². The fourth-order valence-corrected chi connectivity index (χ4v) is 1.21. The molecule has 0 amide bonds. The SMILES string of the molecule is COC(=O)c1cc(CON)ccc1OC. The number of hydrogen-bond donors (Lipinski definition) is 1. The second-order valence-electron chi connectivity index (χ2n) is 2.84. The van der Waals surface area contributed by atoms with E-state index in [0.717, 1.165) is 5.56 Å². The van der Waals surface area contributed by atoms with Gasteiger partial charge in [-0.05, 0) is 17.7 Å². The maximum Gasteiger partial charge on any atom is 0.341 e. The number of carbonyl (C=O) groups excluding carboxylic acids is 1. The standard InChI is InChI=1S/C10H13NO4/c1-13-9-4-3-7(6-15-11)5-8(9)10(12)14-2/h3-5H,6,11H2,1-2H3. The summed E-state index contributed by atoms with van der Waals surface area (Å²) in [4.78, 5) is 15.9. The van der Waals surface area contributed by atoms with Gasteiger partial charge in [-0.2, -0.15) is 0 Å². The van der Waals surface area contributed by atoms with Crippen LogP contribution in [0.15, 0.2) is 18.2 Å². The molecule has 0 unspecified atom stereocenters. The van der Waals surface area contributed by atoms with Gasteiger partial charge in [-0.15, -0.1) is 0 Å². The van der Waals surface area contributed by atoms with Gasteiger partial charge in [-0.3, -0.25) is 4.84 Å². The minimum Gasteiger partial charge on any atom is -0.496 e. The highest BCUT2D eigenvalue weighted by Gasteiger charge is 2.13. The summed E-state index contributed by atoms with van der Waals surface area (Å²) in [6, 6.07) is 5.05. The van der Waals surface area contributed by atoms with Crippen LogP contribution >= 0.6 is 0 Å². The van der Waals surface area contributed by atoms with Crippen molar-refractivity contribution in [3.63, 3.8) is 0 Å². The van der Waals surface area contributed by atoms with Crippen molar-refractivity contribution >= 4 is 5.97 Å². The first-order valence-electron chi connectivity index (χ1n) is 4.29. The van der Waals surface area contributed by atoms with Crippen LogP contribution in [0, 0.1) is 0 Å². The molecule has 0 saturated heterocycles. The van der Waals surface area contributed by atoms with Crippen LogP contribution in [0.3, 0.4) is 0 Å². The summed E-state index contributed by atoms with van der Waals surface area (Å²) in [5.74, 6) is 4.95. The first-order valence-corrected chi connectivity index (χ1v) is 4.29. The van der Waals surface area contributed by atoms with E-state index in [-0.39, 0.29) is 6.61 Å². The molecule has 5 nitrogen and oxygen atoms in total. The molecule has 1 rings (SSSR count). The average molecular weight is 211 g/mol. The highest BCUT2D eigenvalue weighted by molar-refractivity contribution is 5.92. The van der Waals surface area contributed by atoms with E-state index in [1.54, 1.807) is 18.2 Å². The Morgan fingerprint density at radius 1 is 1.40 bits per heavy atom. The highest BCUT2D eigenvalue weighted by atomic mass is 16.6.